The summed E-state index contributed by atoms with van der Waals surface area (Å²) in [5.41, 5.74) is 1.63. The van der Waals surface area contributed by atoms with E-state index in [4.69, 9.17) is 37.4 Å². The lowest BCUT2D eigenvalue weighted by molar-refractivity contribution is 0.0949. The number of anilines is 1. The first-order chi connectivity index (χ1) is 18.6. The molecule has 2 unspecified atom stereocenters. The van der Waals surface area contributed by atoms with Gasteiger partial charge >= 0.3 is 0 Å². The number of sulfonamides is 1. The van der Waals surface area contributed by atoms with Gasteiger partial charge in [0.05, 0.1) is 19.2 Å². The van der Waals surface area contributed by atoms with Gasteiger partial charge in [-0.3, -0.25) is 9.29 Å². The Morgan fingerprint density at radius 1 is 0.974 bits per heavy atom. The Morgan fingerprint density at radius 2 is 1.62 bits per heavy atom. The maximum absolute atomic E-state index is 13.7. The molecule has 206 valence electrons. The lowest BCUT2D eigenvalue weighted by Gasteiger charge is -2.23. The monoisotopic (exact) mass is 592 g/mol. The van der Waals surface area contributed by atoms with Crippen molar-refractivity contribution < 1.29 is 22.6 Å². The van der Waals surface area contributed by atoms with Crippen LogP contribution in [0, 0.1) is 6.92 Å². The highest BCUT2D eigenvalue weighted by Crippen LogP contribution is 2.40. The van der Waals surface area contributed by atoms with Gasteiger partial charge in [0.25, 0.3) is 0 Å². The molecule has 0 radical (unpaired) electrons. The fraction of sp³-hybridized carbons (Fsp3) is 0.280. The van der Waals surface area contributed by atoms with Gasteiger partial charge in [0.1, 0.15) is 28.5 Å². The van der Waals surface area contributed by atoms with Crippen molar-refractivity contribution in [3.63, 3.8) is 0 Å². The number of halogens is 2. The van der Waals surface area contributed by atoms with Crippen LogP contribution in [0.1, 0.15) is 24.4 Å². The zero-order valence-electron chi connectivity index (χ0n) is 21.7. The predicted octanol–water partition coefficient (Wildman–Crippen LogP) is 4.87. The largest absolute Gasteiger partial charge is 0.494 e. The second-order valence-corrected chi connectivity index (χ2v) is 11.3. The van der Waals surface area contributed by atoms with Crippen molar-refractivity contribution in [1.29, 1.82) is 0 Å². The molecule has 4 aromatic rings. The number of hydrogen-bond donors (Lipinski definition) is 1. The van der Waals surface area contributed by atoms with Gasteiger partial charge in [-0.15, -0.1) is 10.2 Å². The molecule has 11 nitrogen and oxygen atoms in total. The molecule has 4 rings (SSSR count). The minimum absolute atomic E-state index is 0.134. The Hall–Kier alpha value is -3.45. The highest BCUT2D eigenvalue weighted by molar-refractivity contribution is 7.93. The molecule has 0 saturated heterocycles. The molecule has 0 aliphatic rings. The van der Waals surface area contributed by atoms with E-state index in [2.05, 4.69) is 24.9 Å². The van der Waals surface area contributed by atoms with Gasteiger partial charge in [-0.2, -0.15) is 0 Å². The molecule has 0 amide bonds. The predicted molar refractivity (Wildman–Crippen MR) is 148 cm³/mol. The summed E-state index contributed by atoms with van der Waals surface area (Å²) in [6.07, 6.45) is 2.22. The van der Waals surface area contributed by atoms with Crippen molar-refractivity contribution in [3.05, 3.63) is 70.2 Å². The van der Waals surface area contributed by atoms with Crippen molar-refractivity contribution in [2.24, 2.45) is 0 Å². The number of nitrogens with one attached hydrogen (secondary N) is 1. The summed E-state index contributed by atoms with van der Waals surface area (Å²) in [5, 5.41) is 8.01. The van der Waals surface area contributed by atoms with Crippen molar-refractivity contribution in [2.45, 2.75) is 25.2 Å². The number of aromatic nitrogens is 5. The lowest BCUT2D eigenvalue weighted by atomic mass is 10.2. The Kier molecular flexibility index (Phi) is 8.60. The standard InChI is InChI=1S/C25H26Cl2N6O5S/c1-14-12-28-23(29-13-14)22(38-5)15(2)39(34,35)32-25-31-30-24(17-10-9-16(26)11-18(17)27)33(25)21-19(36-3)7-6-8-20(21)37-4/h6-13,15,22H,1-5H3,(H,31,32). The first-order valence-corrected chi connectivity index (χ1v) is 13.9. The van der Waals surface area contributed by atoms with E-state index < -0.39 is 21.4 Å². The third kappa shape index (κ3) is 5.78. The van der Waals surface area contributed by atoms with E-state index in [1.807, 2.05) is 6.92 Å². The smallest absolute Gasteiger partial charge is 0.243 e. The molecule has 2 aromatic carbocycles. The van der Waals surface area contributed by atoms with Crippen LogP contribution in [0.5, 0.6) is 11.5 Å². The van der Waals surface area contributed by atoms with Crippen LogP contribution in [0.2, 0.25) is 10.0 Å². The van der Waals surface area contributed by atoms with E-state index >= 15 is 0 Å². The van der Waals surface area contributed by atoms with Crippen LogP contribution < -0.4 is 14.2 Å². The van der Waals surface area contributed by atoms with Gasteiger partial charge in [0.2, 0.25) is 16.0 Å². The van der Waals surface area contributed by atoms with E-state index in [0.717, 1.165) is 5.56 Å². The average molecular weight is 593 g/mol. The van der Waals surface area contributed by atoms with Crippen molar-refractivity contribution in [3.8, 4) is 28.6 Å². The fourth-order valence-corrected chi connectivity index (χ4v) is 5.52. The summed E-state index contributed by atoms with van der Waals surface area (Å²) < 4.78 is 48.0. The highest BCUT2D eigenvalue weighted by Gasteiger charge is 2.35. The quantitative estimate of drug-likeness (QED) is 0.274. The third-order valence-corrected chi connectivity index (χ3v) is 8.16. The van der Waals surface area contributed by atoms with Gasteiger partial charge in [-0.1, -0.05) is 29.3 Å². The SMILES string of the molecule is COc1cccc(OC)c1-n1c(NS(=O)(=O)C(C)C(OC)c2ncc(C)cn2)nnc1-c1ccc(Cl)cc1Cl. The van der Waals surface area contributed by atoms with Crippen LogP contribution in [0.25, 0.3) is 17.1 Å². The molecular weight excluding hydrogens is 567 g/mol. The van der Waals surface area contributed by atoms with Crippen LogP contribution in [0.15, 0.2) is 48.8 Å². The third-order valence-electron chi connectivity index (χ3n) is 5.92. The van der Waals surface area contributed by atoms with Crippen molar-refractivity contribution in [2.75, 3.05) is 26.1 Å². The topological polar surface area (TPSA) is 130 Å². The van der Waals surface area contributed by atoms with E-state index in [1.54, 1.807) is 48.8 Å². The molecule has 14 heteroatoms. The normalized spacial score (nSPS) is 13.1. The molecular formula is C25H26Cl2N6O5S. The highest BCUT2D eigenvalue weighted by atomic mass is 35.5. The molecule has 2 heterocycles. The van der Waals surface area contributed by atoms with E-state index in [-0.39, 0.29) is 22.6 Å². The van der Waals surface area contributed by atoms with Gasteiger partial charge in [0, 0.05) is 30.1 Å². The summed E-state index contributed by atoms with van der Waals surface area (Å²) >= 11 is 12.6. The van der Waals surface area contributed by atoms with Crippen LogP contribution in [0.3, 0.4) is 0 Å². The Labute approximate surface area is 236 Å². The maximum atomic E-state index is 13.7. The van der Waals surface area contributed by atoms with E-state index in [0.29, 0.717) is 27.8 Å². The minimum Gasteiger partial charge on any atom is -0.494 e. The number of nitrogens with zero attached hydrogens (tertiary/aromatic N) is 5. The van der Waals surface area contributed by atoms with Gasteiger partial charge in [-0.05, 0) is 49.7 Å². The van der Waals surface area contributed by atoms with Crippen molar-refractivity contribution in [1.82, 2.24) is 24.7 Å². The molecule has 0 spiro atoms. The first kappa shape index (κ1) is 28.6. The second-order valence-electron chi connectivity index (χ2n) is 8.45. The molecule has 1 N–H and O–H groups in total. The summed E-state index contributed by atoms with van der Waals surface area (Å²) in [7, 11) is 0.200. The molecule has 0 aliphatic carbocycles. The molecule has 0 saturated carbocycles. The summed E-state index contributed by atoms with van der Waals surface area (Å²) in [6, 6.07) is 9.97. The maximum Gasteiger partial charge on any atom is 0.243 e. The van der Waals surface area contributed by atoms with Gasteiger partial charge in [0.15, 0.2) is 11.6 Å². The second kappa shape index (κ2) is 11.7. The Morgan fingerprint density at radius 3 is 2.18 bits per heavy atom. The van der Waals surface area contributed by atoms with Gasteiger partial charge < -0.3 is 14.2 Å². The number of aryl methyl sites for hydroxylation is 1. The summed E-state index contributed by atoms with van der Waals surface area (Å²) in [6.45, 7) is 3.32. The lowest BCUT2D eigenvalue weighted by Crippen LogP contribution is -2.33. The molecule has 0 fully saturated rings. The van der Waals surface area contributed by atoms with Gasteiger partial charge in [-0.25, -0.2) is 18.4 Å². The number of ether oxygens (including phenoxy) is 3. The van der Waals surface area contributed by atoms with Crippen LogP contribution in [-0.4, -0.2) is 59.7 Å². The van der Waals surface area contributed by atoms with E-state index in [1.165, 1.54) is 32.8 Å². The molecule has 39 heavy (non-hydrogen) atoms. The number of methoxy groups -OCH3 is 3. The fourth-order valence-electron chi connectivity index (χ4n) is 3.90. The minimum atomic E-state index is -4.15. The van der Waals surface area contributed by atoms with E-state index in [9.17, 15) is 8.42 Å². The number of rotatable bonds is 10. The zero-order chi connectivity index (χ0) is 28.3. The van der Waals surface area contributed by atoms with Crippen LogP contribution in [-0.2, 0) is 14.8 Å². The zero-order valence-corrected chi connectivity index (χ0v) is 24.0. The average Bonchev–Trinajstić information content (AvgIpc) is 3.31. The number of hydrogen-bond acceptors (Lipinski definition) is 9. The summed E-state index contributed by atoms with van der Waals surface area (Å²) in [5.74, 6) is 1.05. The molecule has 2 atom stereocenters. The Bertz CT molecular complexity index is 1560. The number of benzene rings is 2. The van der Waals surface area contributed by atoms with Crippen molar-refractivity contribution >= 4 is 39.2 Å². The molecule has 2 aromatic heterocycles. The Balaban J connectivity index is 1.87. The molecule has 0 aliphatic heterocycles. The first-order valence-electron chi connectivity index (χ1n) is 11.6. The van der Waals surface area contributed by atoms with Crippen LogP contribution >= 0.6 is 23.2 Å². The van der Waals surface area contributed by atoms with Crippen LogP contribution in [0.4, 0.5) is 5.95 Å². The molecule has 0 bridgehead atoms. The number of para-hydroxylation sites is 1. The summed E-state index contributed by atoms with van der Waals surface area (Å²) in [4.78, 5) is 8.48.